The van der Waals surface area contributed by atoms with Crippen LogP contribution in [0.25, 0.3) is 0 Å². The lowest BCUT2D eigenvalue weighted by Gasteiger charge is -2.15. The van der Waals surface area contributed by atoms with Crippen LogP contribution in [0.3, 0.4) is 0 Å². The van der Waals surface area contributed by atoms with Crippen LogP contribution in [0.4, 0.5) is 5.69 Å². The van der Waals surface area contributed by atoms with Crippen LogP contribution < -0.4 is 5.32 Å². The number of nitrogens with one attached hydrogen (secondary N) is 1. The van der Waals surface area contributed by atoms with Gasteiger partial charge in [0.2, 0.25) is 0 Å². The van der Waals surface area contributed by atoms with Crippen molar-refractivity contribution in [2.45, 2.75) is 17.7 Å². The Labute approximate surface area is 120 Å². The van der Waals surface area contributed by atoms with Gasteiger partial charge >= 0.3 is 0 Å². The second-order valence-electron chi connectivity index (χ2n) is 4.96. The van der Waals surface area contributed by atoms with E-state index in [4.69, 9.17) is 0 Å². The molecular weight excluding hydrogens is 270 g/mol. The second-order valence-corrected chi connectivity index (χ2v) is 6.95. The molecule has 0 saturated heterocycles. The quantitative estimate of drug-likeness (QED) is 0.918. The molecule has 3 nitrogen and oxygen atoms in total. The fraction of sp³-hybridized carbons (Fsp3) is 0.250. The van der Waals surface area contributed by atoms with Gasteiger partial charge in [0.15, 0.2) is 9.84 Å². The van der Waals surface area contributed by atoms with Crippen LogP contribution in [-0.4, -0.2) is 21.2 Å². The first-order chi connectivity index (χ1) is 9.48. The Morgan fingerprint density at radius 2 is 1.60 bits per heavy atom. The summed E-state index contributed by atoms with van der Waals surface area (Å²) in [5.41, 5.74) is 1.90. The maximum Gasteiger partial charge on any atom is 0.177 e. The first-order valence-electron chi connectivity index (χ1n) is 6.56. The molecule has 0 spiro atoms. The molecule has 0 amide bonds. The lowest BCUT2D eigenvalue weighted by Crippen LogP contribution is -2.12. The van der Waals surface area contributed by atoms with E-state index in [1.165, 1.54) is 11.8 Å². The summed E-state index contributed by atoms with van der Waals surface area (Å²) >= 11 is 0. The summed E-state index contributed by atoms with van der Waals surface area (Å²) in [5.74, 6) is 0.309. The summed E-state index contributed by atoms with van der Waals surface area (Å²) in [6.45, 7) is 2.81. The van der Waals surface area contributed by atoms with Gasteiger partial charge in [-0.25, -0.2) is 8.42 Å². The molecule has 1 N–H and O–H groups in total. The molecule has 0 bridgehead atoms. The van der Waals surface area contributed by atoms with Crippen LogP contribution in [0.15, 0.2) is 59.5 Å². The predicted molar refractivity (Wildman–Crippen MR) is 82.9 cm³/mol. The summed E-state index contributed by atoms with van der Waals surface area (Å²) < 4.78 is 23.5. The SMILES string of the molecule is CC(CNc1ccccc1S(C)(=O)=O)c1ccccc1. The fourth-order valence-electron chi connectivity index (χ4n) is 2.10. The number of para-hydroxylation sites is 1. The molecule has 2 aromatic rings. The Bertz CT molecular complexity index is 666. The van der Waals surface area contributed by atoms with E-state index < -0.39 is 9.84 Å². The van der Waals surface area contributed by atoms with E-state index in [-0.39, 0.29) is 0 Å². The minimum atomic E-state index is -3.21. The molecule has 106 valence electrons. The average Bonchev–Trinajstić information content (AvgIpc) is 2.45. The Morgan fingerprint density at radius 3 is 2.25 bits per heavy atom. The topological polar surface area (TPSA) is 46.2 Å². The second kappa shape index (κ2) is 6.09. The van der Waals surface area contributed by atoms with Crippen LogP contribution in [0.2, 0.25) is 0 Å². The van der Waals surface area contributed by atoms with E-state index in [2.05, 4.69) is 24.4 Å². The molecular formula is C16H19NO2S. The van der Waals surface area contributed by atoms with Crippen molar-refractivity contribution in [3.8, 4) is 0 Å². The zero-order valence-corrected chi connectivity index (χ0v) is 12.5. The lowest BCUT2D eigenvalue weighted by atomic mass is 10.0. The first-order valence-corrected chi connectivity index (χ1v) is 8.45. The van der Waals surface area contributed by atoms with Crippen molar-refractivity contribution in [2.75, 3.05) is 18.1 Å². The van der Waals surface area contributed by atoms with E-state index in [0.717, 1.165) is 0 Å². The number of benzene rings is 2. The summed E-state index contributed by atoms with van der Waals surface area (Å²) in [6.07, 6.45) is 1.23. The Kier molecular flexibility index (Phi) is 4.45. The largest absolute Gasteiger partial charge is 0.383 e. The molecule has 0 aliphatic carbocycles. The highest BCUT2D eigenvalue weighted by atomic mass is 32.2. The van der Waals surface area contributed by atoms with Crippen molar-refractivity contribution in [1.82, 2.24) is 0 Å². The summed E-state index contributed by atoms with van der Waals surface area (Å²) in [4.78, 5) is 0.347. The smallest absolute Gasteiger partial charge is 0.177 e. The molecule has 0 radical (unpaired) electrons. The third-order valence-electron chi connectivity index (χ3n) is 3.25. The van der Waals surface area contributed by atoms with Gasteiger partial charge in [0, 0.05) is 12.8 Å². The normalized spacial score (nSPS) is 12.9. The summed E-state index contributed by atoms with van der Waals surface area (Å²) in [6, 6.07) is 17.2. The predicted octanol–water partition coefficient (Wildman–Crippen LogP) is 3.31. The summed E-state index contributed by atoms with van der Waals surface area (Å²) in [5, 5.41) is 3.24. The van der Waals surface area contributed by atoms with Crippen LogP contribution in [0, 0.1) is 0 Å². The molecule has 2 rings (SSSR count). The van der Waals surface area contributed by atoms with E-state index >= 15 is 0 Å². The zero-order valence-electron chi connectivity index (χ0n) is 11.7. The van der Waals surface area contributed by atoms with Crippen molar-refractivity contribution >= 4 is 15.5 Å². The molecule has 0 saturated carbocycles. The van der Waals surface area contributed by atoms with Crippen molar-refractivity contribution < 1.29 is 8.42 Å². The van der Waals surface area contributed by atoms with Gasteiger partial charge in [0.25, 0.3) is 0 Å². The van der Waals surface area contributed by atoms with E-state index in [1.54, 1.807) is 18.2 Å². The average molecular weight is 289 g/mol. The maximum atomic E-state index is 11.7. The van der Waals surface area contributed by atoms with Crippen LogP contribution >= 0.6 is 0 Å². The summed E-state index contributed by atoms with van der Waals surface area (Å²) in [7, 11) is -3.21. The van der Waals surface area contributed by atoms with Gasteiger partial charge < -0.3 is 5.32 Å². The Balaban J connectivity index is 2.12. The van der Waals surface area contributed by atoms with E-state index in [9.17, 15) is 8.42 Å². The highest BCUT2D eigenvalue weighted by molar-refractivity contribution is 7.90. The van der Waals surface area contributed by atoms with E-state index in [0.29, 0.717) is 23.0 Å². The Hall–Kier alpha value is -1.81. The molecule has 0 aliphatic heterocycles. The number of hydrogen-bond donors (Lipinski definition) is 1. The van der Waals surface area contributed by atoms with Crippen molar-refractivity contribution in [3.05, 3.63) is 60.2 Å². The van der Waals surface area contributed by atoms with E-state index in [1.807, 2.05) is 24.3 Å². The number of hydrogen-bond acceptors (Lipinski definition) is 3. The molecule has 0 heterocycles. The van der Waals surface area contributed by atoms with Gasteiger partial charge in [-0.05, 0) is 23.6 Å². The molecule has 20 heavy (non-hydrogen) atoms. The fourth-order valence-corrected chi connectivity index (χ4v) is 2.96. The highest BCUT2D eigenvalue weighted by Crippen LogP contribution is 2.22. The zero-order chi connectivity index (χ0) is 14.6. The molecule has 4 heteroatoms. The molecule has 0 aromatic heterocycles. The number of sulfone groups is 1. The van der Waals surface area contributed by atoms with Crippen molar-refractivity contribution in [3.63, 3.8) is 0 Å². The van der Waals surface area contributed by atoms with Gasteiger partial charge in [0.05, 0.1) is 10.6 Å². The molecule has 0 fully saturated rings. The standard InChI is InChI=1S/C16H19NO2S/c1-13(14-8-4-3-5-9-14)12-17-15-10-6-7-11-16(15)20(2,18)19/h3-11,13,17H,12H2,1-2H3. The van der Waals surface area contributed by atoms with Gasteiger partial charge in [-0.1, -0.05) is 49.4 Å². The minimum Gasteiger partial charge on any atom is -0.383 e. The first kappa shape index (κ1) is 14.6. The lowest BCUT2D eigenvalue weighted by molar-refractivity contribution is 0.602. The van der Waals surface area contributed by atoms with Crippen LogP contribution in [-0.2, 0) is 9.84 Å². The third-order valence-corrected chi connectivity index (χ3v) is 4.41. The maximum absolute atomic E-state index is 11.7. The van der Waals surface area contributed by atoms with Crippen LogP contribution in [0.1, 0.15) is 18.4 Å². The van der Waals surface area contributed by atoms with Crippen molar-refractivity contribution in [2.24, 2.45) is 0 Å². The molecule has 1 unspecified atom stereocenters. The molecule has 1 atom stereocenters. The minimum absolute atomic E-state index is 0.309. The number of rotatable bonds is 5. The highest BCUT2D eigenvalue weighted by Gasteiger charge is 2.13. The van der Waals surface area contributed by atoms with Gasteiger partial charge in [-0.2, -0.15) is 0 Å². The van der Waals surface area contributed by atoms with Gasteiger partial charge in [0.1, 0.15) is 0 Å². The monoisotopic (exact) mass is 289 g/mol. The molecule has 2 aromatic carbocycles. The van der Waals surface area contributed by atoms with Gasteiger partial charge in [-0.3, -0.25) is 0 Å². The van der Waals surface area contributed by atoms with Crippen LogP contribution in [0.5, 0.6) is 0 Å². The number of anilines is 1. The third kappa shape index (κ3) is 3.61. The van der Waals surface area contributed by atoms with Gasteiger partial charge in [-0.15, -0.1) is 0 Å². The Morgan fingerprint density at radius 1 is 1.00 bits per heavy atom. The van der Waals surface area contributed by atoms with Crippen molar-refractivity contribution in [1.29, 1.82) is 0 Å². The molecule has 0 aliphatic rings.